The smallest absolute Gasteiger partial charge is 0.319 e. The van der Waals surface area contributed by atoms with Crippen LogP contribution >= 0.6 is 11.3 Å². The number of rotatable bonds is 17. The van der Waals surface area contributed by atoms with E-state index in [1.807, 2.05) is 76.2 Å². The highest BCUT2D eigenvalue weighted by molar-refractivity contribution is 7.13. The van der Waals surface area contributed by atoms with Crippen LogP contribution in [0.1, 0.15) is 105 Å². The Morgan fingerprint density at radius 2 is 1.68 bits per heavy atom. The lowest BCUT2D eigenvalue weighted by Crippen LogP contribution is -2.51. The summed E-state index contributed by atoms with van der Waals surface area (Å²) in [6, 6.07) is 17.5. The van der Waals surface area contributed by atoms with Gasteiger partial charge in [0.1, 0.15) is 47.6 Å². The van der Waals surface area contributed by atoms with E-state index in [9.17, 15) is 19.8 Å². The van der Waals surface area contributed by atoms with E-state index in [1.165, 1.54) is 15.6 Å². The minimum absolute atomic E-state index is 0.0358. The second kappa shape index (κ2) is 22.4. The van der Waals surface area contributed by atoms with Crippen molar-refractivity contribution in [1.82, 2.24) is 55.7 Å². The Balaban J connectivity index is 0.787. The normalized spacial score (nSPS) is 21.0. The van der Waals surface area contributed by atoms with Gasteiger partial charge in [0, 0.05) is 78.4 Å². The number of aliphatic hydroxyl groups excluding tert-OH is 2. The van der Waals surface area contributed by atoms with Gasteiger partial charge in [0.25, 0.3) is 0 Å². The number of β-amino-alcohol motifs (C(OH)–C–C–N with tert-alkyl or cyclic N) is 1. The van der Waals surface area contributed by atoms with Crippen molar-refractivity contribution in [2.75, 3.05) is 44.4 Å². The van der Waals surface area contributed by atoms with Crippen molar-refractivity contribution in [3.8, 4) is 44.6 Å². The van der Waals surface area contributed by atoms with E-state index < -0.39 is 30.1 Å². The zero-order valence-electron chi connectivity index (χ0n) is 46.3. The molecule has 8 aromatic rings. The molecule has 5 fully saturated rings. The molecule has 1 saturated carbocycles. The Hall–Kier alpha value is -7.43. The van der Waals surface area contributed by atoms with Crippen LogP contribution < -0.4 is 25.0 Å². The topological polar surface area (TPSA) is 231 Å². The van der Waals surface area contributed by atoms with Gasteiger partial charge in [-0.25, -0.2) is 14.1 Å². The van der Waals surface area contributed by atoms with Gasteiger partial charge in [0.2, 0.25) is 11.8 Å². The molecule has 4 saturated heterocycles. The Bertz CT molecular complexity index is 3660. The lowest BCUT2D eigenvalue weighted by Gasteiger charge is -2.35. The molecule has 19 nitrogen and oxygen atoms in total. The molecule has 1 aliphatic carbocycles. The number of carbonyl (C=O) groups is 2. The number of piperazine rings is 1. The number of anilines is 1. The summed E-state index contributed by atoms with van der Waals surface area (Å²) in [5.74, 6) is 0.0819. The van der Waals surface area contributed by atoms with E-state index in [0.29, 0.717) is 64.5 Å². The Labute approximate surface area is 477 Å². The van der Waals surface area contributed by atoms with Crippen LogP contribution in [0.15, 0.2) is 78.6 Å². The molecule has 426 valence electrons. The van der Waals surface area contributed by atoms with Gasteiger partial charge in [-0.05, 0) is 91.3 Å². The lowest BCUT2D eigenvalue weighted by atomic mass is 9.88. The number of aromatic amines is 1. The predicted octanol–water partition coefficient (Wildman–Crippen LogP) is 8.27. The van der Waals surface area contributed by atoms with E-state index in [0.717, 1.165) is 107 Å². The van der Waals surface area contributed by atoms with Crippen LogP contribution in [-0.4, -0.2) is 137 Å². The first kappa shape index (κ1) is 53.9. The van der Waals surface area contributed by atoms with Gasteiger partial charge in [0.05, 0.1) is 66.0 Å². The van der Waals surface area contributed by atoms with Crippen LogP contribution in [0.25, 0.3) is 54.6 Å². The molecule has 0 spiro atoms. The fourth-order valence-electron chi connectivity index (χ4n) is 12.6. The van der Waals surface area contributed by atoms with Crippen molar-refractivity contribution in [1.29, 1.82) is 0 Å². The summed E-state index contributed by atoms with van der Waals surface area (Å²) < 4.78 is 37.2. The number of H-pyrrole nitrogens is 1. The summed E-state index contributed by atoms with van der Waals surface area (Å²) in [7, 11) is 0. The quantitative estimate of drug-likeness (QED) is 0.0578. The summed E-state index contributed by atoms with van der Waals surface area (Å²) in [4.78, 5) is 48.3. The Morgan fingerprint density at radius 1 is 0.927 bits per heavy atom. The molecule has 2 bridgehead atoms. The van der Waals surface area contributed by atoms with Crippen LogP contribution in [-0.2, 0) is 20.9 Å². The molecule has 13 rings (SSSR count). The number of ether oxygens (including phenoxy) is 3. The minimum atomic E-state index is -0.978. The molecular formula is C61H67FN12O7S. The van der Waals surface area contributed by atoms with Crippen LogP contribution in [0, 0.1) is 25.6 Å². The zero-order valence-corrected chi connectivity index (χ0v) is 47.2. The van der Waals surface area contributed by atoms with Gasteiger partial charge in [-0.3, -0.25) is 14.7 Å². The number of benzene rings is 4. The van der Waals surface area contributed by atoms with Crippen molar-refractivity contribution in [3.05, 3.63) is 112 Å². The highest BCUT2D eigenvalue weighted by Gasteiger charge is 2.44. The van der Waals surface area contributed by atoms with E-state index in [1.54, 1.807) is 29.2 Å². The number of carbonyl (C=O) groups excluding carboxylic acids is 2. The lowest BCUT2D eigenvalue weighted by molar-refractivity contribution is -0.142. The number of aliphatic hydroxyl groups is 2. The summed E-state index contributed by atoms with van der Waals surface area (Å²) >= 11 is 1.54. The number of aryl methyl sites for hydroxylation is 1. The number of nitrogens with one attached hydrogen (secondary N) is 3. The molecule has 6 atom stereocenters. The molecule has 2 unspecified atom stereocenters. The first-order valence-electron chi connectivity index (χ1n) is 28.7. The van der Waals surface area contributed by atoms with Crippen molar-refractivity contribution >= 4 is 50.8 Å². The molecule has 4 aliphatic heterocycles. The summed E-state index contributed by atoms with van der Waals surface area (Å²) in [6.45, 7) is 10.1. The molecule has 8 heterocycles. The second-order valence-corrected chi connectivity index (χ2v) is 24.0. The molecule has 5 aliphatic rings. The van der Waals surface area contributed by atoms with E-state index >= 15 is 4.39 Å². The fraction of sp³-hybridized carbons (Fsp3) is 0.443. The third-order valence-corrected chi connectivity index (χ3v) is 18.1. The highest BCUT2D eigenvalue weighted by Crippen LogP contribution is 2.53. The largest absolute Gasteiger partial charge is 0.486 e. The molecule has 82 heavy (non-hydrogen) atoms. The molecule has 4 aromatic heterocycles. The first-order valence-corrected chi connectivity index (χ1v) is 29.5. The van der Waals surface area contributed by atoms with Crippen LogP contribution in [0.3, 0.4) is 0 Å². The first-order chi connectivity index (χ1) is 39.8. The summed E-state index contributed by atoms with van der Waals surface area (Å²) in [5, 5.41) is 46.1. The van der Waals surface area contributed by atoms with Crippen LogP contribution in [0.4, 0.5) is 10.2 Å². The Kier molecular flexibility index (Phi) is 14.7. The van der Waals surface area contributed by atoms with E-state index in [-0.39, 0.29) is 61.9 Å². The van der Waals surface area contributed by atoms with Gasteiger partial charge in [0.15, 0.2) is 5.75 Å². The van der Waals surface area contributed by atoms with E-state index in [2.05, 4.69) is 47.1 Å². The van der Waals surface area contributed by atoms with Crippen molar-refractivity contribution < 1.29 is 38.4 Å². The molecule has 2 amide bonds. The molecule has 4 aromatic carbocycles. The Morgan fingerprint density at radius 3 is 2.39 bits per heavy atom. The van der Waals surface area contributed by atoms with Crippen LogP contribution in [0.5, 0.6) is 11.8 Å². The van der Waals surface area contributed by atoms with Gasteiger partial charge in [-0.1, -0.05) is 67.6 Å². The number of thiazole rings is 1. The highest BCUT2D eigenvalue weighted by atomic mass is 32.1. The van der Waals surface area contributed by atoms with Gasteiger partial charge in [-0.2, -0.15) is 15.1 Å². The van der Waals surface area contributed by atoms with Crippen molar-refractivity contribution in [3.63, 3.8) is 0 Å². The maximum absolute atomic E-state index is 16.2. The van der Waals surface area contributed by atoms with Crippen LogP contribution in [0.2, 0.25) is 0 Å². The fourth-order valence-corrected chi connectivity index (χ4v) is 13.4. The maximum atomic E-state index is 16.2. The number of likely N-dealkylation sites (tertiary alicyclic amines) is 1. The van der Waals surface area contributed by atoms with Gasteiger partial charge < -0.3 is 44.9 Å². The number of amides is 2. The van der Waals surface area contributed by atoms with E-state index in [4.69, 9.17) is 24.2 Å². The molecule has 0 radical (unpaired) electrons. The average molecular weight is 1130 g/mol. The monoisotopic (exact) mass is 1130 g/mol. The van der Waals surface area contributed by atoms with Crippen molar-refractivity contribution in [2.24, 2.45) is 5.92 Å². The number of fused-ring (bicyclic) bond motifs is 4. The predicted molar refractivity (Wildman–Crippen MR) is 308 cm³/mol. The zero-order chi connectivity index (χ0) is 56.3. The average Bonchev–Trinajstić information content (AvgIpc) is 4.10. The van der Waals surface area contributed by atoms with Crippen molar-refractivity contribution in [2.45, 2.75) is 128 Å². The number of nitrogens with zero attached hydrogens (tertiary/aromatic N) is 9. The molecule has 5 N–H and O–H groups in total. The number of halogens is 1. The minimum Gasteiger partial charge on any atom is -0.486 e. The third-order valence-electron chi connectivity index (χ3n) is 17.1. The summed E-state index contributed by atoms with van der Waals surface area (Å²) in [6.07, 6.45) is 8.09. The van der Waals surface area contributed by atoms with Gasteiger partial charge in [-0.15, -0.1) is 16.4 Å². The van der Waals surface area contributed by atoms with Gasteiger partial charge >= 0.3 is 6.01 Å². The standard InChI is InChI=1S/C61H67FN12O7S/c1-32(2)55(60(78)73-27-42(76)21-51(73)59(77)66-50(29-75)38-11-13-39(14-12-38)57-34(4)63-31-82-57)74-28-49(70-71-74)37-7-5-35(6-8-37)30-80-56-53(52-33(3)47(62)23-48-46(52)24-64-69-48)44(36-9-10-36)22-45-54(56)67-61(81-43-17-19-79-20-18-43)68-58(45)72-25-40-15-16-41(26-72)65-40/h5-8,11-14,22-24,28,31-32,36,40-43,50-51,55,65,75-76H,9-10,15-21,25-27,29-30H2,1-4H3,(H,64,69)(H,66,77)/t40?,41?,42-,50+,51+,55+/m1/s1. The maximum Gasteiger partial charge on any atom is 0.319 e. The number of hydrogen-bond acceptors (Lipinski definition) is 16. The summed E-state index contributed by atoms with van der Waals surface area (Å²) in [5.41, 5.74) is 10.8. The second-order valence-electron chi connectivity index (χ2n) is 23.1. The molecule has 21 heteroatoms. The third kappa shape index (κ3) is 10.5. The SMILES string of the molecule is Cc1ncsc1-c1ccc([C@H](CO)NC(=O)[C@@H]2C[C@@H](O)CN2C(=O)[C@H](C(C)C)n2cc(-c3ccc(COc4c(-c5c(C)c(F)cc6[nH]ncc56)c(C5CC5)cc5c(N6CC7CCC(C6)N7)nc(OC6CCOCC6)nc45)cc3)nn2)cc1. The molecular weight excluding hydrogens is 1060 g/mol. The number of aromatic nitrogens is 8. The number of hydrogen-bond donors (Lipinski definition) is 5.